The van der Waals surface area contributed by atoms with Crippen molar-refractivity contribution in [3.8, 4) is 5.75 Å². The van der Waals surface area contributed by atoms with E-state index in [9.17, 15) is 9.50 Å². The summed E-state index contributed by atoms with van der Waals surface area (Å²) in [5.41, 5.74) is 6.78. The second-order valence-electron chi connectivity index (χ2n) is 4.82. The fourth-order valence-electron chi connectivity index (χ4n) is 1.90. The molecule has 0 spiro atoms. The Balaban J connectivity index is 1.73. The van der Waals surface area contributed by atoms with Crippen LogP contribution in [0.25, 0.3) is 0 Å². The molecule has 0 fully saturated rings. The van der Waals surface area contributed by atoms with E-state index in [0.717, 1.165) is 4.90 Å². The lowest BCUT2D eigenvalue weighted by Gasteiger charge is -2.09. The van der Waals surface area contributed by atoms with E-state index in [0.29, 0.717) is 27.2 Å². The molecule has 1 heterocycles. The highest BCUT2D eigenvalue weighted by Gasteiger charge is 2.07. The molecule has 0 aliphatic rings. The Morgan fingerprint density at radius 3 is 2.54 bits per heavy atom. The Morgan fingerprint density at radius 1 is 1.12 bits per heavy atom. The monoisotopic (exact) mass is 362 g/mol. The van der Waals surface area contributed by atoms with Crippen molar-refractivity contribution >= 4 is 40.7 Å². The normalized spacial score (nSPS) is 10.6. The minimum absolute atomic E-state index is 0.0851. The third-order valence-electron chi connectivity index (χ3n) is 3.03. The Kier molecular flexibility index (Phi) is 4.73. The van der Waals surface area contributed by atoms with Crippen LogP contribution < -0.4 is 11.1 Å². The molecule has 0 radical (unpaired) electrons. The fourth-order valence-corrected chi connectivity index (χ4v) is 2.94. The van der Waals surface area contributed by atoms with Gasteiger partial charge in [-0.2, -0.15) is 0 Å². The number of nitrogens with two attached hydrogens (primary N) is 1. The average Bonchev–Trinajstić information content (AvgIpc) is 2.54. The highest BCUT2D eigenvalue weighted by Crippen LogP contribution is 2.33. The van der Waals surface area contributed by atoms with E-state index in [1.165, 1.54) is 36.0 Å². The van der Waals surface area contributed by atoms with Crippen molar-refractivity contribution in [1.29, 1.82) is 0 Å². The number of halogens is 2. The summed E-state index contributed by atoms with van der Waals surface area (Å²) >= 11 is 7.33. The van der Waals surface area contributed by atoms with Crippen LogP contribution in [0.1, 0.15) is 0 Å². The standard InChI is InChI=1S/C16H12ClFN4OS/c17-12-5-9(18)1-4-15(12)24-11-7-20-16(21-8-11)22-14-3-2-10(23)6-13(14)19/h1-8,23H,19H2,(H,20,21,22). The van der Waals surface area contributed by atoms with Gasteiger partial charge in [0.05, 0.1) is 16.4 Å². The smallest absolute Gasteiger partial charge is 0.227 e. The predicted molar refractivity (Wildman–Crippen MR) is 93.4 cm³/mol. The van der Waals surface area contributed by atoms with Gasteiger partial charge in [0.1, 0.15) is 11.6 Å². The molecule has 8 heteroatoms. The molecule has 0 saturated carbocycles. The van der Waals surface area contributed by atoms with Crippen LogP contribution in [0.15, 0.2) is 58.6 Å². The molecule has 0 atom stereocenters. The molecule has 0 unspecified atom stereocenters. The largest absolute Gasteiger partial charge is 0.508 e. The van der Waals surface area contributed by atoms with Crippen LogP contribution in [0.2, 0.25) is 5.02 Å². The summed E-state index contributed by atoms with van der Waals surface area (Å²) in [4.78, 5) is 9.88. The molecule has 3 aromatic rings. The number of aromatic nitrogens is 2. The van der Waals surface area contributed by atoms with Gasteiger partial charge in [-0.05, 0) is 30.3 Å². The van der Waals surface area contributed by atoms with Crippen LogP contribution in [0, 0.1) is 5.82 Å². The van der Waals surface area contributed by atoms with Gasteiger partial charge in [0.2, 0.25) is 5.95 Å². The van der Waals surface area contributed by atoms with Crippen LogP contribution in [0.3, 0.4) is 0 Å². The lowest BCUT2D eigenvalue weighted by molar-refractivity contribution is 0.476. The maximum atomic E-state index is 13.1. The van der Waals surface area contributed by atoms with Gasteiger partial charge in [-0.15, -0.1) is 0 Å². The number of hydrogen-bond acceptors (Lipinski definition) is 6. The van der Waals surface area contributed by atoms with E-state index in [2.05, 4.69) is 15.3 Å². The van der Waals surface area contributed by atoms with Crippen LogP contribution in [-0.4, -0.2) is 15.1 Å². The first kappa shape index (κ1) is 16.4. The maximum Gasteiger partial charge on any atom is 0.227 e. The first-order chi connectivity index (χ1) is 11.5. The number of aromatic hydroxyl groups is 1. The number of benzene rings is 2. The van der Waals surface area contributed by atoms with E-state index >= 15 is 0 Å². The molecular weight excluding hydrogens is 351 g/mol. The highest BCUT2D eigenvalue weighted by molar-refractivity contribution is 7.99. The minimum atomic E-state index is -0.383. The number of rotatable bonds is 4. The Morgan fingerprint density at radius 2 is 1.88 bits per heavy atom. The summed E-state index contributed by atoms with van der Waals surface area (Å²) < 4.78 is 13.1. The average molecular weight is 363 g/mol. The Labute approximate surface area is 146 Å². The minimum Gasteiger partial charge on any atom is -0.508 e. The van der Waals surface area contributed by atoms with Gasteiger partial charge in [0.25, 0.3) is 0 Å². The Bertz CT molecular complexity index is 804. The van der Waals surface area contributed by atoms with Gasteiger partial charge in [-0.3, -0.25) is 0 Å². The molecule has 0 bridgehead atoms. The quantitative estimate of drug-likeness (QED) is 0.469. The number of phenolic OH excluding ortho intramolecular Hbond substituents is 1. The first-order valence-corrected chi connectivity index (χ1v) is 8.01. The molecule has 2 aromatic carbocycles. The van der Waals surface area contributed by atoms with Gasteiger partial charge in [0, 0.05) is 28.3 Å². The lowest BCUT2D eigenvalue weighted by Crippen LogP contribution is -1.99. The summed E-state index contributed by atoms with van der Waals surface area (Å²) in [6.45, 7) is 0. The molecule has 0 saturated heterocycles. The van der Waals surface area contributed by atoms with E-state index in [1.54, 1.807) is 24.5 Å². The predicted octanol–water partition coefficient (Wildman–Crippen LogP) is 4.45. The topological polar surface area (TPSA) is 84.1 Å². The van der Waals surface area contributed by atoms with Gasteiger partial charge in [-0.25, -0.2) is 14.4 Å². The summed E-state index contributed by atoms with van der Waals surface area (Å²) in [5, 5.41) is 12.6. The highest BCUT2D eigenvalue weighted by atomic mass is 35.5. The molecule has 5 nitrogen and oxygen atoms in total. The number of nitrogen functional groups attached to an aromatic ring is 1. The van der Waals surface area contributed by atoms with Crippen molar-refractivity contribution in [3.05, 3.63) is 59.6 Å². The van der Waals surface area contributed by atoms with Crippen molar-refractivity contribution in [2.45, 2.75) is 9.79 Å². The summed E-state index contributed by atoms with van der Waals surface area (Å²) in [6.07, 6.45) is 3.24. The van der Waals surface area contributed by atoms with Gasteiger partial charge < -0.3 is 16.2 Å². The summed E-state index contributed by atoms with van der Waals surface area (Å²) in [7, 11) is 0. The fraction of sp³-hybridized carbons (Fsp3) is 0. The van der Waals surface area contributed by atoms with Crippen molar-refractivity contribution in [1.82, 2.24) is 9.97 Å². The molecule has 0 amide bonds. The van der Waals surface area contributed by atoms with E-state index in [1.807, 2.05) is 0 Å². The zero-order valence-corrected chi connectivity index (χ0v) is 13.8. The van der Waals surface area contributed by atoms with Gasteiger partial charge in [0.15, 0.2) is 0 Å². The first-order valence-electron chi connectivity index (χ1n) is 6.82. The number of phenols is 1. The second kappa shape index (κ2) is 6.94. The van der Waals surface area contributed by atoms with Crippen LogP contribution in [0.5, 0.6) is 5.75 Å². The number of nitrogens with one attached hydrogen (secondary N) is 1. The SMILES string of the molecule is Nc1cc(O)ccc1Nc1ncc(Sc2ccc(F)cc2Cl)cn1. The van der Waals surface area contributed by atoms with Crippen LogP contribution in [-0.2, 0) is 0 Å². The van der Waals surface area contributed by atoms with E-state index < -0.39 is 0 Å². The van der Waals surface area contributed by atoms with E-state index in [4.69, 9.17) is 17.3 Å². The van der Waals surface area contributed by atoms with Crippen molar-refractivity contribution in [2.24, 2.45) is 0 Å². The lowest BCUT2D eigenvalue weighted by atomic mass is 10.2. The summed E-state index contributed by atoms with van der Waals surface area (Å²) in [6, 6.07) is 8.79. The number of nitrogens with zero attached hydrogens (tertiary/aromatic N) is 2. The zero-order chi connectivity index (χ0) is 17.1. The molecule has 0 aliphatic carbocycles. The molecule has 0 aliphatic heterocycles. The zero-order valence-electron chi connectivity index (χ0n) is 12.2. The van der Waals surface area contributed by atoms with Crippen molar-refractivity contribution in [3.63, 3.8) is 0 Å². The molecule has 24 heavy (non-hydrogen) atoms. The van der Waals surface area contributed by atoms with Crippen molar-refractivity contribution in [2.75, 3.05) is 11.1 Å². The third kappa shape index (κ3) is 3.87. The van der Waals surface area contributed by atoms with Gasteiger partial charge in [-0.1, -0.05) is 23.4 Å². The third-order valence-corrected chi connectivity index (χ3v) is 4.48. The maximum absolute atomic E-state index is 13.1. The van der Waals surface area contributed by atoms with Crippen LogP contribution in [0.4, 0.5) is 21.7 Å². The summed E-state index contributed by atoms with van der Waals surface area (Å²) in [5.74, 6) is 0.0653. The molecule has 122 valence electrons. The number of anilines is 3. The van der Waals surface area contributed by atoms with E-state index in [-0.39, 0.29) is 11.6 Å². The molecular formula is C16H12ClFN4OS. The Hall–Kier alpha value is -2.51. The second-order valence-corrected chi connectivity index (χ2v) is 6.34. The van der Waals surface area contributed by atoms with Crippen LogP contribution >= 0.6 is 23.4 Å². The molecule has 4 N–H and O–H groups in total. The molecule has 3 rings (SSSR count). The molecule has 1 aromatic heterocycles. The number of hydrogen-bond donors (Lipinski definition) is 3. The van der Waals surface area contributed by atoms with Gasteiger partial charge >= 0.3 is 0 Å². The van der Waals surface area contributed by atoms with Crippen molar-refractivity contribution < 1.29 is 9.50 Å².